The first kappa shape index (κ1) is 12.7. The van der Waals surface area contributed by atoms with Gasteiger partial charge in [-0.1, -0.05) is 5.21 Å². The number of nitrogens with two attached hydrogens (primary N) is 1. The maximum atomic E-state index is 5.70. The van der Waals surface area contributed by atoms with E-state index in [0.29, 0.717) is 17.8 Å². The van der Waals surface area contributed by atoms with Crippen LogP contribution in [-0.4, -0.2) is 43.0 Å². The summed E-state index contributed by atoms with van der Waals surface area (Å²) < 4.78 is 2.04. The quantitative estimate of drug-likeness (QED) is 0.901. The lowest BCUT2D eigenvalue weighted by Gasteiger charge is -2.14. The minimum Gasteiger partial charge on any atom is -0.384 e. The number of nitrogen functional groups attached to an aromatic ring is 1. The van der Waals surface area contributed by atoms with Crippen molar-refractivity contribution in [2.75, 3.05) is 18.8 Å². The zero-order valence-corrected chi connectivity index (χ0v) is 11.9. The summed E-state index contributed by atoms with van der Waals surface area (Å²) in [6.45, 7) is 2.73. The second-order valence-electron chi connectivity index (χ2n) is 5.97. The van der Waals surface area contributed by atoms with Crippen molar-refractivity contribution in [2.45, 2.75) is 37.8 Å². The minimum absolute atomic E-state index is 0.408. The molecule has 2 aromatic heterocycles. The third kappa shape index (κ3) is 2.73. The molecule has 1 saturated carbocycles. The van der Waals surface area contributed by atoms with Gasteiger partial charge >= 0.3 is 0 Å². The molecule has 1 unspecified atom stereocenters. The highest BCUT2D eigenvalue weighted by molar-refractivity contribution is 5.25. The molecule has 0 spiro atoms. The predicted molar refractivity (Wildman–Crippen MR) is 77.4 cm³/mol. The van der Waals surface area contributed by atoms with E-state index in [1.54, 1.807) is 12.3 Å². The van der Waals surface area contributed by atoms with Crippen molar-refractivity contribution in [3.63, 3.8) is 0 Å². The van der Waals surface area contributed by atoms with Crippen LogP contribution in [0.15, 0.2) is 18.5 Å². The van der Waals surface area contributed by atoms with Crippen LogP contribution in [0.25, 0.3) is 0 Å². The first-order valence-corrected chi connectivity index (χ1v) is 7.49. The number of rotatable bonds is 4. The molecular weight excluding hydrogens is 266 g/mol. The molecule has 0 aromatic carbocycles. The second-order valence-corrected chi connectivity index (χ2v) is 5.97. The Hall–Kier alpha value is -2.02. The van der Waals surface area contributed by atoms with E-state index in [9.17, 15) is 0 Å². The number of aromatic nitrogens is 5. The standard InChI is InChI=1S/C14H19N7/c15-13-3-5-16-14(17-13)9-20-6-4-11(7-20)21-8-12(18-19-21)10-1-2-10/h3,5,8,10-11H,1-2,4,6-7,9H2,(H2,15,16,17). The van der Waals surface area contributed by atoms with Crippen LogP contribution in [-0.2, 0) is 6.54 Å². The van der Waals surface area contributed by atoms with Gasteiger partial charge in [0.25, 0.3) is 0 Å². The van der Waals surface area contributed by atoms with Gasteiger partial charge in [0.05, 0.1) is 18.3 Å². The Morgan fingerprint density at radius 1 is 1.29 bits per heavy atom. The van der Waals surface area contributed by atoms with Gasteiger partial charge in [0.2, 0.25) is 0 Å². The van der Waals surface area contributed by atoms with E-state index < -0.39 is 0 Å². The van der Waals surface area contributed by atoms with E-state index in [0.717, 1.165) is 37.6 Å². The minimum atomic E-state index is 0.408. The summed E-state index contributed by atoms with van der Waals surface area (Å²) in [6, 6.07) is 2.12. The molecule has 2 aromatic rings. The average Bonchev–Trinajstić information content (AvgIpc) is 3.02. The van der Waals surface area contributed by atoms with E-state index in [4.69, 9.17) is 5.73 Å². The van der Waals surface area contributed by atoms with Crippen LogP contribution in [0.1, 0.15) is 42.7 Å². The lowest BCUT2D eigenvalue weighted by Crippen LogP contribution is -2.22. The average molecular weight is 285 g/mol. The van der Waals surface area contributed by atoms with E-state index >= 15 is 0 Å². The van der Waals surface area contributed by atoms with Crippen molar-refractivity contribution in [3.8, 4) is 0 Å². The Morgan fingerprint density at radius 2 is 2.19 bits per heavy atom. The summed E-state index contributed by atoms with van der Waals surface area (Å²) in [4.78, 5) is 10.9. The van der Waals surface area contributed by atoms with Crippen molar-refractivity contribution in [1.82, 2.24) is 29.9 Å². The topological polar surface area (TPSA) is 85.8 Å². The van der Waals surface area contributed by atoms with Crippen LogP contribution in [0.2, 0.25) is 0 Å². The molecule has 110 valence electrons. The van der Waals surface area contributed by atoms with Crippen molar-refractivity contribution < 1.29 is 0 Å². The van der Waals surface area contributed by atoms with Gasteiger partial charge in [-0.15, -0.1) is 5.10 Å². The van der Waals surface area contributed by atoms with Gasteiger partial charge in [-0.3, -0.25) is 4.90 Å². The third-order valence-corrected chi connectivity index (χ3v) is 4.24. The van der Waals surface area contributed by atoms with Crippen molar-refractivity contribution in [2.24, 2.45) is 0 Å². The Bertz CT molecular complexity index is 634. The molecule has 0 radical (unpaired) electrons. The van der Waals surface area contributed by atoms with Gasteiger partial charge in [0, 0.05) is 31.4 Å². The molecule has 7 heteroatoms. The Balaban J connectivity index is 1.39. The smallest absolute Gasteiger partial charge is 0.144 e. The molecule has 7 nitrogen and oxygen atoms in total. The van der Waals surface area contributed by atoms with Gasteiger partial charge in [-0.05, 0) is 25.3 Å². The van der Waals surface area contributed by atoms with Gasteiger partial charge in [0.15, 0.2) is 0 Å². The van der Waals surface area contributed by atoms with Gasteiger partial charge in [0.1, 0.15) is 11.6 Å². The van der Waals surface area contributed by atoms with Crippen molar-refractivity contribution >= 4 is 5.82 Å². The number of hydrogen-bond acceptors (Lipinski definition) is 6. The first-order valence-electron chi connectivity index (χ1n) is 7.49. The van der Waals surface area contributed by atoms with Crippen LogP contribution >= 0.6 is 0 Å². The Labute approximate surface area is 123 Å². The molecule has 21 heavy (non-hydrogen) atoms. The Morgan fingerprint density at radius 3 is 3.00 bits per heavy atom. The van der Waals surface area contributed by atoms with Gasteiger partial charge in [-0.2, -0.15) is 0 Å². The zero-order chi connectivity index (χ0) is 14.2. The summed E-state index contributed by atoms with van der Waals surface area (Å²) in [6.07, 6.45) is 7.47. The van der Waals surface area contributed by atoms with Crippen LogP contribution < -0.4 is 5.73 Å². The fourth-order valence-electron chi connectivity index (χ4n) is 2.90. The lowest BCUT2D eigenvalue weighted by molar-refractivity contribution is 0.303. The summed E-state index contributed by atoms with van der Waals surface area (Å²) >= 11 is 0. The lowest BCUT2D eigenvalue weighted by atomic mass is 10.2. The van der Waals surface area contributed by atoms with Crippen LogP contribution in [0.3, 0.4) is 0 Å². The van der Waals surface area contributed by atoms with E-state index in [1.807, 2.05) is 4.68 Å². The zero-order valence-electron chi connectivity index (χ0n) is 11.9. The van der Waals surface area contributed by atoms with Gasteiger partial charge in [-0.25, -0.2) is 14.6 Å². The number of hydrogen-bond donors (Lipinski definition) is 1. The molecule has 1 saturated heterocycles. The van der Waals surface area contributed by atoms with E-state index in [-0.39, 0.29) is 0 Å². The number of anilines is 1. The molecule has 2 N–H and O–H groups in total. The molecule has 1 aliphatic heterocycles. The van der Waals surface area contributed by atoms with Crippen molar-refractivity contribution in [1.29, 1.82) is 0 Å². The third-order valence-electron chi connectivity index (χ3n) is 4.24. The second kappa shape index (κ2) is 5.07. The normalized spacial score (nSPS) is 22.8. The van der Waals surface area contributed by atoms with E-state index in [2.05, 4.69) is 31.4 Å². The highest BCUT2D eigenvalue weighted by Crippen LogP contribution is 2.39. The number of nitrogens with zero attached hydrogens (tertiary/aromatic N) is 6. The van der Waals surface area contributed by atoms with Crippen LogP contribution in [0, 0.1) is 0 Å². The fourth-order valence-corrected chi connectivity index (χ4v) is 2.90. The fraction of sp³-hybridized carbons (Fsp3) is 0.571. The molecule has 0 bridgehead atoms. The number of likely N-dealkylation sites (tertiary alicyclic amines) is 1. The van der Waals surface area contributed by atoms with Crippen LogP contribution in [0.4, 0.5) is 5.82 Å². The summed E-state index contributed by atoms with van der Waals surface area (Å²) in [7, 11) is 0. The monoisotopic (exact) mass is 285 g/mol. The highest BCUT2D eigenvalue weighted by Gasteiger charge is 2.29. The molecule has 2 aliphatic rings. The summed E-state index contributed by atoms with van der Waals surface area (Å²) in [5, 5.41) is 8.60. The largest absolute Gasteiger partial charge is 0.384 e. The Kier molecular flexibility index (Phi) is 3.07. The molecule has 3 heterocycles. The highest BCUT2D eigenvalue weighted by atomic mass is 15.4. The molecule has 2 fully saturated rings. The predicted octanol–water partition coefficient (Wildman–Crippen LogP) is 0.975. The molecular formula is C14H19N7. The molecule has 1 aliphatic carbocycles. The SMILES string of the molecule is Nc1ccnc(CN2CCC(n3cc(C4CC4)nn3)C2)n1. The maximum absolute atomic E-state index is 5.70. The van der Waals surface area contributed by atoms with Crippen LogP contribution in [0.5, 0.6) is 0 Å². The van der Waals surface area contributed by atoms with Crippen molar-refractivity contribution in [3.05, 3.63) is 30.0 Å². The molecule has 1 atom stereocenters. The summed E-state index contributed by atoms with van der Waals surface area (Å²) in [5.41, 5.74) is 6.86. The van der Waals surface area contributed by atoms with Gasteiger partial charge < -0.3 is 5.73 Å². The first-order chi connectivity index (χ1) is 10.3. The van der Waals surface area contributed by atoms with E-state index in [1.165, 1.54) is 12.8 Å². The summed E-state index contributed by atoms with van der Waals surface area (Å²) in [5.74, 6) is 1.98. The maximum Gasteiger partial charge on any atom is 0.144 e. The molecule has 4 rings (SSSR count). The molecule has 0 amide bonds.